The average Bonchev–Trinajstić information content (AvgIpc) is 2.88. The minimum Gasteiger partial charge on any atom is -0.134 e. The van der Waals surface area contributed by atoms with Crippen LogP contribution in [0.25, 0.3) is 30.9 Å². The summed E-state index contributed by atoms with van der Waals surface area (Å²) >= 11 is 8.10. The van der Waals surface area contributed by atoms with E-state index in [4.69, 9.17) is 11.6 Å². The van der Waals surface area contributed by atoms with E-state index in [1.54, 1.807) is 0 Å². The van der Waals surface area contributed by atoms with E-state index in [1.807, 2.05) is 11.3 Å². The normalized spacial score (nSPS) is 11.7. The van der Waals surface area contributed by atoms with Gasteiger partial charge in [-0.2, -0.15) is 0 Å². The lowest BCUT2D eigenvalue weighted by molar-refractivity contribution is 1.48. The van der Waals surface area contributed by atoms with Crippen LogP contribution in [0.3, 0.4) is 0 Å². The van der Waals surface area contributed by atoms with Gasteiger partial charge in [-0.05, 0) is 34.9 Å². The lowest BCUT2D eigenvalue weighted by atomic mass is 10.0. The van der Waals surface area contributed by atoms with Crippen LogP contribution in [0.2, 0.25) is 0 Å². The SMILES string of the molecule is Cc1cccc2c1sc1c3ccccc3cc(CCl)c21. The summed E-state index contributed by atoms with van der Waals surface area (Å²) in [6.07, 6.45) is 0. The van der Waals surface area contributed by atoms with Crippen LogP contribution in [0.1, 0.15) is 11.1 Å². The standard InChI is InChI=1S/C18H13ClS/c1-11-5-4-8-15-16-13(10-19)9-12-6-2-3-7-14(12)18(16)20-17(11)15/h2-9H,10H2,1H3. The zero-order chi connectivity index (χ0) is 13.7. The van der Waals surface area contributed by atoms with Gasteiger partial charge in [0.2, 0.25) is 0 Å². The van der Waals surface area contributed by atoms with Gasteiger partial charge in [0.1, 0.15) is 0 Å². The molecule has 0 unspecified atom stereocenters. The molecule has 0 atom stereocenters. The first-order valence-electron chi connectivity index (χ1n) is 6.68. The molecule has 0 nitrogen and oxygen atoms in total. The number of aryl methyl sites for hydroxylation is 1. The highest BCUT2D eigenvalue weighted by atomic mass is 35.5. The Morgan fingerprint density at radius 3 is 2.60 bits per heavy atom. The zero-order valence-corrected chi connectivity index (χ0v) is 12.7. The first kappa shape index (κ1) is 12.2. The molecule has 4 aromatic rings. The van der Waals surface area contributed by atoms with E-state index in [2.05, 4.69) is 55.5 Å². The van der Waals surface area contributed by atoms with Crippen molar-refractivity contribution in [3.8, 4) is 0 Å². The molecule has 0 aliphatic carbocycles. The van der Waals surface area contributed by atoms with Crippen molar-refractivity contribution < 1.29 is 0 Å². The summed E-state index contributed by atoms with van der Waals surface area (Å²) in [4.78, 5) is 0. The number of fused-ring (bicyclic) bond motifs is 5. The third-order valence-corrected chi connectivity index (χ3v) is 5.57. The second-order valence-corrected chi connectivity index (χ2v) is 6.44. The van der Waals surface area contributed by atoms with E-state index in [-0.39, 0.29) is 0 Å². The van der Waals surface area contributed by atoms with Gasteiger partial charge in [0.15, 0.2) is 0 Å². The Balaban J connectivity index is 2.35. The van der Waals surface area contributed by atoms with E-state index in [0.717, 1.165) is 0 Å². The van der Waals surface area contributed by atoms with Crippen LogP contribution in [0.4, 0.5) is 0 Å². The van der Waals surface area contributed by atoms with E-state index in [0.29, 0.717) is 5.88 Å². The molecule has 2 heteroatoms. The maximum atomic E-state index is 6.21. The predicted molar refractivity (Wildman–Crippen MR) is 91.1 cm³/mol. The van der Waals surface area contributed by atoms with E-state index >= 15 is 0 Å². The summed E-state index contributed by atoms with van der Waals surface area (Å²) in [6.45, 7) is 2.18. The number of thiophene rings is 1. The van der Waals surface area contributed by atoms with Gasteiger partial charge in [-0.25, -0.2) is 0 Å². The van der Waals surface area contributed by atoms with Crippen molar-refractivity contribution >= 4 is 53.9 Å². The third-order valence-electron chi connectivity index (χ3n) is 3.91. The molecule has 0 saturated heterocycles. The maximum absolute atomic E-state index is 6.21. The van der Waals surface area contributed by atoms with Crippen molar-refractivity contribution in [3.63, 3.8) is 0 Å². The smallest absolute Gasteiger partial charge is 0.0480 e. The van der Waals surface area contributed by atoms with Crippen LogP contribution in [0.15, 0.2) is 48.5 Å². The Kier molecular flexibility index (Phi) is 2.73. The Bertz CT molecular complexity index is 950. The molecular formula is C18H13ClS. The zero-order valence-electron chi connectivity index (χ0n) is 11.1. The number of benzene rings is 3. The number of hydrogen-bond donors (Lipinski definition) is 0. The van der Waals surface area contributed by atoms with Gasteiger partial charge in [-0.15, -0.1) is 22.9 Å². The molecule has 0 amide bonds. The molecule has 0 aliphatic heterocycles. The van der Waals surface area contributed by atoms with Gasteiger partial charge in [0.05, 0.1) is 0 Å². The van der Waals surface area contributed by atoms with Crippen LogP contribution < -0.4 is 0 Å². The summed E-state index contributed by atoms with van der Waals surface area (Å²) in [5, 5.41) is 5.28. The summed E-state index contributed by atoms with van der Waals surface area (Å²) in [7, 11) is 0. The largest absolute Gasteiger partial charge is 0.134 e. The maximum Gasteiger partial charge on any atom is 0.0480 e. The van der Waals surface area contributed by atoms with Gasteiger partial charge >= 0.3 is 0 Å². The van der Waals surface area contributed by atoms with Gasteiger partial charge in [0, 0.05) is 26.1 Å². The van der Waals surface area contributed by atoms with Gasteiger partial charge in [0.25, 0.3) is 0 Å². The van der Waals surface area contributed by atoms with E-state index in [9.17, 15) is 0 Å². The molecule has 0 saturated carbocycles. The fraction of sp³-hybridized carbons (Fsp3) is 0.111. The number of rotatable bonds is 1. The molecule has 0 fully saturated rings. The highest BCUT2D eigenvalue weighted by Crippen LogP contribution is 2.42. The molecule has 0 radical (unpaired) electrons. The first-order valence-corrected chi connectivity index (χ1v) is 8.03. The Hall–Kier alpha value is -1.57. The van der Waals surface area contributed by atoms with Crippen molar-refractivity contribution in [2.75, 3.05) is 0 Å². The molecule has 0 aliphatic rings. The lowest BCUT2D eigenvalue weighted by Crippen LogP contribution is -1.82. The summed E-state index contributed by atoms with van der Waals surface area (Å²) in [5.74, 6) is 0.557. The van der Waals surface area contributed by atoms with Gasteiger partial charge in [-0.1, -0.05) is 42.5 Å². The van der Waals surface area contributed by atoms with Crippen LogP contribution in [0, 0.1) is 6.92 Å². The summed E-state index contributed by atoms with van der Waals surface area (Å²) < 4.78 is 2.74. The number of halogens is 1. The monoisotopic (exact) mass is 296 g/mol. The Morgan fingerprint density at radius 2 is 1.75 bits per heavy atom. The molecule has 98 valence electrons. The number of alkyl halides is 1. The third kappa shape index (κ3) is 1.60. The predicted octanol–water partition coefficient (Wildman–Crippen LogP) is 6.25. The van der Waals surface area contributed by atoms with E-state index in [1.165, 1.54) is 42.1 Å². The minimum absolute atomic E-state index is 0.557. The quantitative estimate of drug-likeness (QED) is 0.364. The average molecular weight is 297 g/mol. The van der Waals surface area contributed by atoms with Crippen molar-refractivity contribution in [1.82, 2.24) is 0 Å². The fourth-order valence-electron chi connectivity index (χ4n) is 2.96. The molecule has 0 bridgehead atoms. The van der Waals surface area contributed by atoms with Crippen LogP contribution >= 0.6 is 22.9 Å². The van der Waals surface area contributed by atoms with Crippen LogP contribution in [-0.4, -0.2) is 0 Å². The van der Waals surface area contributed by atoms with Crippen molar-refractivity contribution in [3.05, 3.63) is 59.7 Å². The fourth-order valence-corrected chi connectivity index (χ4v) is 4.53. The molecule has 1 aromatic heterocycles. The molecule has 4 rings (SSSR count). The van der Waals surface area contributed by atoms with Gasteiger partial charge < -0.3 is 0 Å². The molecular weight excluding hydrogens is 284 g/mol. The molecule has 0 N–H and O–H groups in total. The van der Waals surface area contributed by atoms with Crippen molar-refractivity contribution in [2.24, 2.45) is 0 Å². The number of hydrogen-bond acceptors (Lipinski definition) is 1. The molecule has 1 heterocycles. The first-order chi connectivity index (χ1) is 9.79. The highest BCUT2D eigenvalue weighted by Gasteiger charge is 2.13. The second kappa shape index (κ2) is 4.47. The lowest BCUT2D eigenvalue weighted by Gasteiger charge is -2.05. The Morgan fingerprint density at radius 1 is 0.950 bits per heavy atom. The van der Waals surface area contributed by atoms with Crippen LogP contribution in [-0.2, 0) is 5.88 Å². The summed E-state index contributed by atoms with van der Waals surface area (Å²) in [6, 6.07) is 17.3. The minimum atomic E-state index is 0.557. The van der Waals surface area contributed by atoms with Crippen molar-refractivity contribution in [1.29, 1.82) is 0 Å². The molecule has 20 heavy (non-hydrogen) atoms. The molecule has 3 aromatic carbocycles. The summed E-state index contributed by atoms with van der Waals surface area (Å²) in [5.41, 5.74) is 2.57. The molecule has 0 spiro atoms. The highest BCUT2D eigenvalue weighted by molar-refractivity contribution is 7.27. The van der Waals surface area contributed by atoms with Crippen LogP contribution in [0.5, 0.6) is 0 Å². The van der Waals surface area contributed by atoms with Crippen molar-refractivity contribution in [2.45, 2.75) is 12.8 Å². The topological polar surface area (TPSA) is 0 Å². The van der Waals surface area contributed by atoms with Gasteiger partial charge in [-0.3, -0.25) is 0 Å². The second-order valence-electron chi connectivity index (χ2n) is 5.15. The van der Waals surface area contributed by atoms with E-state index < -0.39 is 0 Å². The Labute approximate surface area is 126 Å².